The maximum Gasteiger partial charge on any atom is 0.250 e. The summed E-state index contributed by atoms with van der Waals surface area (Å²) in [6.45, 7) is 15.0. The number of hydrogen-bond donors (Lipinski definition) is 0. The Bertz CT molecular complexity index is 445. The van der Waals surface area contributed by atoms with Gasteiger partial charge < -0.3 is 9.16 Å². The Morgan fingerprint density at radius 2 is 1.89 bits per heavy atom. The molecule has 0 heterocycles. The van der Waals surface area contributed by atoms with Gasteiger partial charge in [-0.05, 0) is 36.2 Å². The summed E-state index contributed by atoms with van der Waals surface area (Å²) in [5, 5.41) is 0.182. The van der Waals surface area contributed by atoms with Gasteiger partial charge in [0.1, 0.15) is 11.5 Å². The minimum atomic E-state index is -1.83. The fraction of sp³-hybridized carbons (Fsp3) is 0.500. The first-order valence-electron chi connectivity index (χ1n) is 6.68. The molecule has 0 radical (unpaired) electrons. The van der Waals surface area contributed by atoms with Gasteiger partial charge in [0.25, 0.3) is 0 Å². The highest BCUT2D eigenvalue weighted by molar-refractivity contribution is 6.74. The average Bonchev–Trinajstić information content (AvgIpc) is 2.29. The van der Waals surface area contributed by atoms with Crippen molar-refractivity contribution in [2.24, 2.45) is 0 Å². The number of benzene rings is 1. The van der Waals surface area contributed by atoms with Crippen LogP contribution in [-0.4, -0.2) is 15.4 Å². The Balaban J connectivity index is 3.13. The number of methoxy groups -OCH3 is 1. The van der Waals surface area contributed by atoms with E-state index in [9.17, 15) is 0 Å². The van der Waals surface area contributed by atoms with Gasteiger partial charge in [-0.2, -0.15) is 0 Å². The highest BCUT2D eigenvalue weighted by atomic mass is 28.4. The standard InChI is InChI=1S/C16H26O2Si/c1-8-9-13-10-11-14(17-5)12-15(13)18-19(6,7)16(2,3)4/h8,10-12H,1,9H2,2-7H3. The summed E-state index contributed by atoms with van der Waals surface area (Å²) in [4.78, 5) is 0. The van der Waals surface area contributed by atoms with Gasteiger partial charge in [0.2, 0.25) is 8.32 Å². The third-order valence-electron chi connectivity index (χ3n) is 3.81. The topological polar surface area (TPSA) is 18.5 Å². The Morgan fingerprint density at radius 1 is 1.26 bits per heavy atom. The maximum atomic E-state index is 6.40. The van der Waals surface area contributed by atoms with Crippen LogP contribution in [0.15, 0.2) is 30.9 Å². The Morgan fingerprint density at radius 3 is 2.37 bits per heavy atom. The summed E-state index contributed by atoms with van der Waals surface area (Å²) in [6, 6.07) is 6.01. The van der Waals surface area contributed by atoms with Crippen LogP contribution in [0, 0.1) is 0 Å². The molecule has 0 fully saturated rings. The SMILES string of the molecule is C=CCc1ccc(OC)cc1O[Si](C)(C)C(C)(C)C. The molecule has 0 aliphatic carbocycles. The van der Waals surface area contributed by atoms with Crippen LogP contribution in [0.25, 0.3) is 0 Å². The second-order valence-electron chi connectivity index (χ2n) is 6.33. The molecule has 0 saturated carbocycles. The highest BCUT2D eigenvalue weighted by Gasteiger charge is 2.39. The predicted octanol–water partition coefficient (Wildman–Crippen LogP) is 4.81. The first kappa shape index (κ1) is 15.8. The molecule has 1 rings (SSSR count). The van der Waals surface area contributed by atoms with Crippen LogP contribution >= 0.6 is 0 Å². The molecule has 0 bridgehead atoms. The van der Waals surface area contributed by atoms with Crippen molar-refractivity contribution >= 4 is 8.32 Å². The van der Waals surface area contributed by atoms with Crippen LogP contribution in [0.3, 0.4) is 0 Å². The number of ether oxygens (including phenoxy) is 1. The van der Waals surface area contributed by atoms with E-state index in [1.807, 2.05) is 18.2 Å². The molecule has 0 saturated heterocycles. The molecule has 0 amide bonds. The van der Waals surface area contributed by atoms with Crippen LogP contribution < -0.4 is 9.16 Å². The van der Waals surface area contributed by atoms with Crippen LogP contribution in [0.1, 0.15) is 26.3 Å². The Kier molecular flexibility index (Phi) is 4.85. The van der Waals surface area contributed by atoms with Gasteiger partial charge in [0.15, 0.2) is 0 Å². The summed E-state index contributed by atoms with van der Waals surface area (Å²) in [6.07, 6.45) is 2.72. The molecule has 2 nitrogen and oxygen atoms in total. The quantitative estimate of drug-likeness (QED) is 0.568. The zero-order valence-electron chi connectivity index (χ0n) is 13.0. The first-order chi connectivity index (χ1) is 8.71. The summed E-state index contributed by atoms with van der Waals surface area (Å²) in [7, 11) is -0.152. The fourth-order valence-electron chi connectivity index (χ4n) is 1.51. The van der Waals surface area contributed by atoms with E-state index in [-0.39, 0.29) is 5.04 Å². The molecule has 1 aromatic carbocycles. The van der Waals surface area contributed by atoms with Gasteiger partial charge in [-0.25, -0.2) is 0 Å². The minimum absolute atomic E-state index is 0.182. The first-order valence-corrected chi connectivity index (χ1v) is 9.59. The molecule has 0 N–H and O–H groups in total. The lowest BCUT2D eigenvalue weighted by Gasteiger charge is -2.37. The van der Waals surface area contributed by atoms with E-state index < -0.39 is 8.32 Å². The zero-order chi connectivity index (χ0) is 14.7. The monoisotopic (exact) mass is 278 g/mol. The van der Waals surface area contributed by atoms with Crippen LogP contribution in [0.5, 0.6) is 11.5 Å². The van der Waals surface area contributed by atoms with Gasteiger partial charge in [0.05, 0.1) is 7.11 Å². The molecule has 0 aromatic heterocycles. The van der Waals surface area contributed by atoms with E-state index >= 15 is 0 Å². The fourth-order valence-corrected chi connectivity index (χ4v) is 2.55. The zero-order valence-corrected chi connectivity index (χ0v) is 14.0. The molecule has 1 aromatic rings. The minimum Gasteiger partial charge on any atom is -0.543 e. The van der Waals surface area contributed by atoms with E-state index in [4.69, 9.17) is 9.16 Å². The number of allylic oxidation sites excluding steroid dienone is 1. The Hall–Kier alpha value is -1.22. The van der Waals surface area contributed by atoms with E-state index in [0.717, 1.165) is 17.9 Å². The molecule has 0 aliphatic heterocycles. The molecule has 19 heavy (non-hydrogen) atoms. The van der Waals surface area contributed by atoms with E-state index in [2.05, 4.69) is 46.5 Å². The van der Waals surface area contributed by atoms with Crippen molar-refractivity contribution in [1.29, 1.82) is 0 Å². The lowest BCUT2D eigenvalue weighted by molar-refractivity contribution is 0.410. The molecule has 0 spiro atoms. The molecule has 106 valence electrons. The summed E-state index contributed by atoms with van der Waals surface area (Å²) in [5.74, 6) is 1.77. The third kappa shape index (κ3) is 3.87. The third-order valence-corrected chi connectivity index (χ3v) is 8.15. The molecular formula is C16H26O2Si. The van der Waals surface area contributed by atoms with Gasteiger partial charge in [-0.15, -0.1) is 6.58 Å². The molecular weight excluding hydrogens is 252 g/mol. The van der Waals surface area contributed by atoms with Crippen LogP contribution in [-0.2, 0) is 6.42 Å². The van der Waals surface area contributed by atoms with Gasteiger partial charge in [0, 0.05) is 6.07 Å². The maximum absolute atomic E-state index is 6.40. The molecule has 0 atom stereocenters. The molecule has 0 unspecified atom stereocenters. The summed E-state index contributed by atoms with van der Waals surface area (Å²) < 4.78 is 11.7. The predicted molar refractivity (Wildman–Crippen MR) is 84.7 cm³/mol. The van der Waals surface area contributed by atoms with Crippen molar-refractivity contribution in [3.63, 3.8) is 0 Å². The second kappa shape index (κ2) is 5.82. The smallest absolute Gasteiger partial charge is 0.250 e. The highest BCUT2D eigenvalue weighted by Crippen LogP contribution is 2.39. The molecule has 0 aliphatic rings. The van der Waals surface area contributed by atoms with Crippen LogP contribution in [0.2, 0.25) is 18.1 Å². The molecule has 3 heteroatoms. The van der Waals surface area contributed by atoms with Gasteiger partial charge in [-0.3, -0.25) is 0 Å². The van der Waals surface area contributed by atoms with Crippen molar-refractivity contribution in [2.45, 2.75) is 45.3 Å². The lowest BCUT2D eigenvalue weighted by Crippen LogP contribution is -2.44. The number of hydrogen-bond acceptors (Lipinski definition) is 2. The van der Waals surface area contributed by atoms with Crippen LogP contribution in [0.4, 0.5) is 0 Å². The van der Waals surface area contributed by atoms with E-state index in [1.54, 1.807) is 7.11 Å². The Labute approximate surface area is 118 Å². The normalized spacial score (nSPS) is 12.1. The van der Waals surface area contributed by atoms with Crippen molar-refractivity contribution in [3.8, 4) is 11.5 Å². The second-order valence-corrected chi connectivity index (χ2v) is 11.1. The summed E-state index contributed by atoms with van der Waals surface area (Å²) in [5.41, 5.74) is 1.17. The van der Waals surface area contributed by atoms with E-state index in [0.29, 0.717) is 0 Å². The van der Waals surface area contributed by atoms with E-state index in [1.165, 1.54) is 5.56 Å². The van der Waals surface area contributed by atoms with Crippen molar-refractivity contribution in [1.82, 2.24) is 0 Å². The van der Waals surface area contributed by atoms with Gasteiger partial charge in [-0.1, -0.05) is 32.9 Å². The average molecular weight is 278 g/mol. The van der Waals surface area contributed by atoms with Crippen molar-refractivity contribution < 1.29 is 9.16 Å². The lowest BCUT2D eigenvalue weighted by atomic mass is 10.1. The largest absolute Gasteiger partial charge is 0.543 e. The number of rotatable bonds is 5. The van der Waals surface area contributed by atoms with Gasteiger partial charge >= 0.3 is 0 Å². The van der Waals surface area contributed by atoms with Crippen molar-refractivity contribution in [2.75, 3.05) is 7.11 Å². The summed E-state index contributed by atoms with van der Waals surface area (Å²) >= 11 is 0. The van der Waals surface area contributed by atoms with Crippen molar-refractivity contribution in [3.05, 3.63) is 36.4 Å².